The highest BCUT2D eigenvalue weighted by Crippen LogP contribution is 2.41. The third-order valence-corrected chi connectivity index (χ3v) is 6.32. The van der Waals surface area contributed by atoms with Crippen molar-refractivity contribution in [3.8, 4) is 11.5 Å². The van der Waals surface area contributed by atoms with Gasteiger partial charge in [-0.2, -0.15) is 0 Å². The molecule has 1 heterocycles. The van der Waals surface area contributed by atoms with Crippen LogP contribution in [0, 0.1) is 13.8 Å². The number of amidine groups is 1. The van der Waals surface area contributed by atoms with Gasteiger partial charge < -0.3 is 25.0 Å². The highest BCUT2D eigenvalue weighted by atomic mass is 35.5. The lowest BCUT2D eigenvalue weighted by Gasteiger charge is -2.20. The Bertz CT molecular complexity index is 1400. The Morgan fingerprint density at radius 3 is 2.32 bits per heavy atom. The van der Waals surface area contributed by atoms with Gasteiger partial charge in [-0.25, -0.2) is 9.98 Å². The van der Waals surface area contributed by atoms with Crippen LogP contribution in [0.3, 0.4) is 0 Å². The summed E-state index contributed by atoms with van der Waals surface area (Å²) in [5.41, 5.74) is 3.66. The lowest BCUT2D eigenvalue weighted by molar-refractivity contribution is -0.114. The highest BCUT2D eigenvalue weighted by Gasteiger charge is 2.24. The average Bonchev–Trinajstić information content (AvgIpc) is 2.90. The summed E-state index contributed by atoms with van der Waals surface area (Å²) in [7, 11) is 4.45. The van der Waals surface area contributed by atoms with Crippen LogP contribution in [-0.4, -0.2) is 49.3 Å². The Morgan fingerprint density at radius 1 is 1.11 bits per heavy atom. The number of pyridine rings is 1. The number of rotatable bonds is 9. The molecule has 0 unspecified atom stereocenters. The number of nitrogens with zero attached hydrogens (tertiary/aromatic N) is 3. The number of para-hydroxylation sites is 1. The molecule has 2 aromatic carbocycles. The molecular weight excluding hydrogens is 529 g/mol. The van der Waals surface area contributed by atoms with E-state index in [1.807, 2.05) is 26.0 Å². The minimum Gasteiger partial charge on any atom is -0.495 e. The van der Waals surface area contributed by atoms with Crippen molar-refractivity contribution in [2.45, 2.75) is 13.8 Å². The van der Waals surface area contributed by atoms with Crippen LogP contribution in [0.4, 0.5) is 22.9 Å². The van der Waals surface area contributed by atoms with Crippen molar-refractivity contribution in [2.75, 3.05) is 31.9 Å². The number of halogens is 2. The molecule has 0 fully saturated rings. The highest BCUT2D eigenvalue weighted by molar-refractivity contribution is 6.42. The number of hydrogen-bond acceptors (Lipinski definition) is 7. The molecule has 0 aliphatic heterocycles. The molecule has 198 valence electrons. The van der Waals surface area contributed by atoms with Crippen LogP contribution < -0.4 is 20.1 Å². The molecule has 3 rings (SSSR count). The summed E-state index contributed by atoms with van der Waals surface area (Å²) < 4.78 is 10.7. The van der Waals surface area contributed by atoms with E-state index in [4.69, 9.17) is 32.7 Å². The van der Waals surface area contributed by atoms with Crippen molar-refractivity contribution in [1.82, 2.24) is 9.88 Å². The van der Waals surface area contributed by atoms with Gasteiger partial charge in [-0.05, 0) is 43.2 Å². The Balaban J connectivity index is 2.08. The van der Waals surface area contributed by atoms with Crippen LogP contribution in [0.1, 0.15) is 16.7 Å². The molecule has 0 bridgehead atoms. The first-order valence-corrected chi connectivity index (χ1v) is 12.0. The zero-order valence-corrected chi connectivity index (χ0v) is 23.1. The standard InChI is InChI=1S/C27H27Cl2N5O4/c1-7-22(36)31-17-10-8-9-15(2)26(17)33-21-11-16(3)18(13-30-21)32-27(34(4)14-35)23-24(28)19(37-5)12-20(38-6)25(23)29/h7-14H,1H2,2-6H3,(H,30,33)(H,31,36)/b32-27-. The van der Waals surface area contributed by atoms with E-state index in [-0.39, 0.29) is 27.4 Å². The summed E-state index contributed by atoms with van der Waals surface area (Å²) in [5.74, 6) is 0.981. The van der Waals surface area contributed by atoms with Crippen molar-refractivity contribution in [3.63, 3.8) is 0 Å². The smallest absolute Gasteiger partial charge is 0.247 e. The van der Waals surface area contributed by atoms with E-state index >= 15 is 0 Å². The maximum Gasteiger partial charge on any atom is 0.247 e. The molecule has 0 saturated heterocycles. The predicted octanol–water partition coefficient (Wildman–Crippen LogP) is 6.06. The molecule has 38 heavy (non-hydrogen) atoms. The first kappa shape index (κ1) is 28.5. The van der Waals surface area contributed by atoms with Gasteiger partial charge >= 0.3 is 0 Å². The number of benzene rings is 2. The van der Waals surface area contributed by atoms with E-state index in [0.717, 1.165) is 11.1 Å². The summed E-state index contributed by atoms with van der Waals surface area (Å²) in [6.07, 6.45) is 3.34. The molecular formula is C27H27Cl2N5O4. The topological polar surface area (TPSA) is 105 Å². The number of nitrogens with one attached hydrogen (secondary N) is 2. The average molecular weight is 556 g/mol. The fourth-order valence-corrected chi connectivity index (χ4v) is 4.21. The van der Waals surface area contributed by atoms with Crippen molar-refractivity contribution in [3.05, 3.63) is 75.9 Å². The van der Waals surface area contributed by atoms with E-state index in [1.54, 1.807) is 24.4 Å². The van der Waals surface area contributed by atoms with E-state index in [9.17, 15) is 9.59 Å². The molecule has 3 aromatic rings. The fraction of sp³-hybridized carbons (Fsp3) is 0.185. The van der Waals surface area contributed by atoms with Gasteiger partial charge in [-0.1, -0.05) is 41.9 Å². The third kappa shape index (κ3) is 6.07. The lowest BCUT2D eigenvalue weighted by atomic mass is 10.1. The third-order valence-electron chi connectivity index (χ3n) is 5.57. The SMILES string of the molecule is C=CC(=O)Nc1cccc(C)c1Nc1cc(C)c(/N=C(/c2c(Cl)c(OC)cc(OC)c2Cl)N(C)C=O)cn1. The number of carbonyl (C=O) groups excluding carboxylic acids is 2. The molecule has 2 amide bonds. The Labute approximate surface area is 231 Å². The zero-order chi connectivity index (χ0) is 28.0. The number of methoxy groups -OCH3 is 2. The lowest BCUT2D eigenvalue weighted by Crippen LogP contribution is -2.27. The molecule has 9 nitrogen and oxygen atoms in total. The van der Waals surface area contributed by atoms with Gasteiger partial charge in [0.05, 0.1) is 53.1 Å². The first-order valence-electron chi connectivity index (χ1n) is 11.3. The quantitative estimate of drug-likeness (QED) is 0.144. The van der Waals surface area contributed by atoms with Crippen LogP contribution in [0.15, 0.2) is 54.2 Å². The largest absolute Gasteiger partial charge is 0.495 e. The van der Waals surface area contributed by atoms with Gasteiger partial charge in [0.25, 0.3) is 0 Å². The molecule has 0 saturated carbocycles. The van der Waals surface area contributed by atoms with Crippen LogP contribution >= 0.6 is 23.2 Å². The number of carbonyl (C=O) groups is 2. The summed E-state index contributed by atoms with van der Waals surface area (Å²) in [5, 5.41) is 6.38. The minimum atomic E-state index is -0.328. The number of aromatic nitrogens is 1. The Hall–Kier alpha value is -4.08. The molecule has 2 N–H and O–H groups in total. The number of hydrogen-bond donors (Lipinski definition) is 2. The molecule has 1 aromatic heterocycles. The summed E-state index contributed by atoms with van der Waals surface area (Å²) in [6, 6.07) is 8.87. The predicted molar refractivity (Wildman–Crippen MR) is 152 cm³/mol. The minimum absolute atomic E-state index is 0.170. The Kier molecular flexibility index (Phi) is 9.33. The monoisotopic (exact) mass is 555 g/mol. The second kappa shape index (κ2) is 12.4. The number of ether oxygens (including phenoxy) is 2. The van der Waals surface area contributed by atoms with Crippen LogP contribution in [-0.2, 0) is 9.59 Å². The maximum atomic E-state index is 11.9. The summed E-state index contributed by atoms with van der Waals surface area (Å²) >= 11 is 13.2. The normalized spacial score (nSPS) is 11.0. The number of aliphatic imine (C=N–C) groups is 1. The molecule has 0 atom stereocenters. The van der Waals surface area contributed by atoms with Crippen molar-refractivity contribution in [2.24, 2.45) is 4.99 Å². The summed E-state index contributed by atoms with van der Waals surface area (Å²) in [6.45, 7) is 7.25. The molecule has 0 spiro atoms. The number of amides is 2. The first-order chi connectivity index (χ1) is 18.1. The maximum absolute atomic E-state index is 11.9. The molecule has 0 radical (unpaired) electrons. The van der Waals surface area contributed by atoms with E-state index < -0.39 is 0 Å². The van der Waals surface area contributed by atoms with Gasteiger partial charge in [-0.15, -0.1) is 0 Å². The van der Waals surface area contributed by atoms with Crippen LogP contribution in [0.2, 0.25) is 10.0 Å². The number of aryl methyl sites for hydroxylation is 2. The van der Waals surface area contributed by atoms with Gasteiger partial charge in [0, 0.05) is 13.1 Å². The van der Waals surface area contributed by atoms with Gasteiger partial charge in [-0.3, -0.25) is 9.59 Å². The van der Waals surface area contributed by atoms with Gasteiger partial charge in [0.2, 0.25) is 12.3 Å². The van der Waals surface area contributed by atoms with E-state index in [0.29, 0.717) is 40.8 Å². The van der Waals surface area contributed by atoms with E-state index in [2.05, 4.69) is 27.2 Å². The van der Waals surface area contributed by atoms with Crippen LogP contribution in [0.25, 0.3) is 0 Å². The van der Waals surface area contributed by atoms with Crippen molar-refractivity contribution >= 4 is 64.2 Å². The van der Waals surface area contributed by atoms with Crippen molar-refractivity contribution < 1.29 is 19.1 Å². The van der Waals surface area contributed by atoms with Gasteiger partial charge in [0.15, 0.2) is 0 Å². The summed E-state index contributed by atoms with van der Waals surface area (Å²) in [4.78, 5) is 34.1. The van der Waals surface area contributed by atoms with Crippen molar-refractivity contribution in [1.29, 1.82) is 0 Å². The fourth-order valence-electron chi connectivity index (χ4n) is 3.54. The molecule has 0 aliphatic carbocycles. The van der Waals surface area contributed by atoms with Crippen LogP contribution in [0.5, 0.6) is 11.5 Å². The second-order valence-electron chi connectivity index (χ2n) is 8.11. The zero-order valence-electron chi connectivity index (χ0n) is 21.6. The number of anilines is 3. The van der Waals surface area contributed by atoms with Gasteiger partial charge in [0.1, 0.15) is 23.2 Å². The molecule has 11 heteroatoms. The van der Waals surface area contributed by atoms with E-state index in [1.165, 1.54) is 32.2 Å². The second-order valence-corrected chi connectivity index (χ2v) is 8.86. The Morgan fingerprint density at radius 2 is 1.76 bits per heavy atom. The molecule has 0 aliphatic rings.